The lowest BCUT2D eigenvalue weighted by Crippen LogP contribution is -2.16. The minimum absolute atomic E-state index is 0.0114. The van der Waals surface area contributed by atoms with E-state index in [1.54, 1.807) is 19.9 Å². The van der Waals surface area contributed by atoms with Gasteiger partial charge in [0, 0.05) is 0 Å². The molecule has 28 heavy (non-hydrogen) atoms. The molecule has 0 unspecified atom stereocenters. The fraction of sp³-hybridized carbons (Fsp3) is 0.263. The number of rotatable bonds is 6. The molecule has 0 fully saturated rings. The topological polar surface area (TPSA) is 105 Å². The highest BCUT2D eigenvalue weighted by Crippen LogP contribution is 2.34. The molecule has 9 heteroatoms. The Labute approximate surface area is 164 Å². The van der Waals surface area contributed by atoms with Crippen LogP contribution in [0.15, 0.2) is 18.2 Å². The summed E-state index contributed by atoms with van der Waals surface area (Å²) in [5.41, 5.74) is 0.0742. The molecule has 0 saturated carbocycles. The van der Waals surface area contributed by atoms with E-state index < -0.39 is 23.7 Å². The van der Waals surface area contributed by atoms with Crippen LogP contribution in [0.5, 0.6) is 0 Å². The number of nitriles is 1. The van der Waals surface area contributed by atoms with Gasteiger partial charge in [-0.05, 0) is 44.5 Å². The number of nitrogens with one attached hydrogen (secondary N) is 1. The number of halogens is 1. The monoisotopic (exact) mass is 404 g/mol. The summed E-state index contributed by atoms with van der Waals surface area (Å²) in [6.07, 6.45) is 0. The van der Waals surface area contributed by atoms with E-state index in [1.807, 2.05) is 0 Å². The second-order valence-corrected chi connectivity index (χ2v) is 6.48. The molecule has 0 aliphatic rings. The van der Waals surface area contributed by atoms with Gasteiger partial charge in [0.25, 0.3) is 5.91 Å². The third-order valence-corrected chi connectivity index (χ3v) is 4.84. The first-order valence-electron chi connectivity index (χ1n) is 8.32. The molecular weight excluding hydrogens is 387 g/mol. The van der Waals surface area contributed by atoms with Crippen LogP contribution in [0.25, 0.3) is 0 Å². The van der Waals surface area contributed by atoms with Crippen molar-refractivity contribution in [3.63, 3.8) is 0 Å². The summed E-state index contributed by atoms with van der Waals surface area (Å²) in [6.45, 7) is 5.04. The molecule has 0 aliphatic heterocycles. The van der Waals surface area contributed by atoms with Crippen LogP contribution >= 0.6 is 11.3 Å². The van der Waals surface area contributed by atoms with Crippen LogP contribution in [-0.4, -0.2) is 31.1 Å². The summed E-state index contributed by atoms with van der Waals surface area (Å²) in [6, 6.07) is 5.18. The van der Waals surface area contributed by atoms with Crippen molar-refractivity contribution in [3.05, 3.63) is 51.1 Å². The summed E-state index contributed by atoms with van der Waals surface area (Å²) in [5, 5.41) is 11.3. The lowest BCUT2D eigenvalue weighted by atomic mass is 10.1. The largest absolute Gasteiger partial charge is 0.462 e. The highest BCUT2D eigenvalue weighted by Gasteiger charge is 2.28. The van der Waals surface area contributed by atoms with Gasteiger partial charge in [0.05, 0.1) is 36.0 Å². The fourth-order valence-corrected chi connectivity index (χ4v) is 3.46. The van der Waals surface area contributed by atoms with Crippen molar-refractivity contribution in [1.29, 1.82) is 5.26 Å². The molecule has 0 radical (unpaired) electrons. The van der Waals surface area contributed by atoms with Crippen molar-refractivity contribution >= 4 is 34.2 Å². The van der Waals surface area contributed by atoms with Gasteiger partial charge >= 0.3 is 11.9 Å². The van der Waals surface area contributed by atoms with Gasteiger partial charge in [0.1, 0.15) is 15.7 Å². The summed E-state index contributed by atoms with van der Waals surface area (Å²) in [5.74, 6) is -3.07. The Balaban J connectivity index is 2.44. The van der Waals surface area contributed by atoms with Gasteiger partial charge in [-0.3, -0.25) is 4.79 Å². The van der Waals surface area contributed by atoms with Gasteiger partial charge in [-0.2, -0.15) is 5.26 Å². The molecule has 0 saturated heterocycles. The van der Waals surface area contributed by atoms with Crippen LogP contribution in [0.4, 0.5) is 9.39 Å². The zero-order valence-electron chi connectivity index (χ0n) is 15.4. The van der Waals surface area contributed by atoms with Crippen LogP contribution in [0, 0.1) is 24.1 Å². The maximum Gasteiger partial charge on any atom is 0.348 e. The van der Waals surface area contributed by atoms with Crippen molar-refractivity contribution in [2.75, 3.05) is 18.5 Å². The molecule has 7 nitrogen and oxygen atoms in total. The van der Waals surface area contributed by atoms with E-state index in [4.69, 9.17) is 14.7 Å². The minimum Gasteiger partial charge on any atom is -0.462 e. The molecule has 1 aromatic heterocycles. The van der Waals surface area contributed by atoms with Crippen molar-refractivity contribution in [3.8, 4) is 6.07 Å². The van der Waals surface area contributed by atoms with Crippen molar-refractivity contribution in [2.24, 2.45) is 0 Å². The number of thiophene rings is 1. The maximum atomic E-state index is 14.1. The summed E-state index contributed by atoms with van der Waals surface area (Å²) < 4.78 is 24.1. The van der Waals surface area contributed by atoms with E-state index in [9.17, 15) is 18.8 Å². The van der Waals surface area contributed by atoms with E-state index in [0.717, 1.165) is 17.4 Å². The van der Waals surface area contributed by atoms with Crippen LogP contribution in [0.3, 0.4) is 0 Å². The average molecular weight is 404 g/mol. The molecule has 146 valence electrons. The van der Waals surface area contributed by atoms with Gasteiger partial charge in [-0.25, -0.2) is 14.0 Å². The first kappa shape index (κ1) is 21.1. The van der Waals surface area contributed by atoms with Gasteiger partial charge in [-0.1, -0.05) is 0 Å². The first-order chi connectivity index (χ1) is 13.3. The molecule has 1 heterocycles. The lowest BCUT2D eigenvalue weighted by molar-refractivity contribution is 0.0527. The van der Waals surface area contributed by atoms with Gasteiger partial charge in [0.15, 0.2) is 0 Å². The van der Waals surface area contributed by atoms with E-state index in [2.05, 4.69) is 5.32 Å². The van der Waals surface area contributed by atoms with Gasteiger partial charge < -0.3 is 14.8 Å². The van der Waals surface area contributed by atoms with Crippen LogP contribution in [0.2, 0.25) is 0 Å². The Bertz CT molecular complexity index is 977. The highest BCUT2D eigenvalue weighted by molar-refractivity contribution is 7.18. The Morgan fingerprint density at radius 1 is 1.18 bits per heavy atom. The third-order valence-electron chi connectivity index (χ3n) is 3.66. The molecular formula is C19H17FN2O5S. The molecule has 0 atom stereocenters. The summed E-state index contributed by atoms with van der Waals surface area (Å²) in [7, 11) is 0. The minimum atomic E-state index is -0.881. The summed E-state index contributed by atoms with van der Waals surface area (Å²) >= 11 is 0.843. The van der Waals surface area contributed by atoms with Crippen molar-refractivity contribution in [2.45, 2.75) is 20.8 Å². The number of benzene rings is 1. The summed E-state index contributed by atoms with van der Waals surface area (Å²) in [4.78, 5) is 37.1. The van der Waals surface area contributed by atoms with E-state index >= 15 is 0 Å². The molecule has 1 aromatic carbocycles. The Kier molecular flexibility index (Phi) is 6.84. The van der Waals surface area contributed by atoms with Gasteiger partial charge in [-0.15, -0.1) is 11.3 Å². The van der Waals surface area contributed by atoms with E-state index in [-0.39, 0.29) is 39.8 Å². The number of carbonyl (C=O) groups is 3. The molecule has 2 aromatic rings. The van der Waals surface area contributed by atoms with Crippen LogP contribution in [-0.2, 0) is 9.47 Å². The molecule has 0 aliphatic carbocycles. The Hall–Kier alpha value is -3.25. The Morgan fingerprint density at radius 3 is 2.39 bits per heavy atom. The molecule has 1 amide bonds. The first-order valence-corrected chi connectivity index (χ1v) is 9.14. The van der Waals surface area contributed by atoms with Crippen LogP contribution < -0.4 is 5.32 Å². The second-order valence-electron chi connectivity index (χ2n) is 5.46. The third kappa shape index (κ3) is 4.35. The molecule has 0 bridgehead atoms. The zero-order chi connectivity index (χ0) is 20.8. The number of anilines is 1. The predicted molar refractivity (Wildman–Crippen MR) is 100 cm³/mol. The molecule has 0 spiro atoms. The zero-order valence-corrected chi connectivity index (χ0v) is 16.2. The quantitative estimate of drug-likeness (QED) is 0.737. The van der Waals surface area contributed by atoms with Crippen LogP contribution in [0.1, 0.15) is 55.4 Å². The molecule has 2 rings (SSSR count). The number of hydrogen-bond acceptors (Lipinski definition) is 7. The normalized spacial score (nSPS) is 10.1. The standard InChI is InChI=1S/C19H17FN2O5S/c1-4-26-18(24)14-10(3)15(19(25)27-5-2)28-17(14)22-16(23)12-7-6-11(9-21)8-13(12)20/h6-8H,4-5H2,1-3H3,(H,22,23). The number of esters is 2. The SMILES string of the molecule is CCOC(=O)c1sc(NC(=O)c2ccc(C#N)cc2F)c(C(=O)OCC)c1C. The average Bonchev–Trinajstić information content (AvgIpc) is 2.97. The number of amides is 1. The van der Waals surface area contributed by atoms with E-state index in [1.165, 1.54) is 19.1 Å². The number of carbonyl (C=O) groups excluding carboxylic acids is 3. The predicted octanol–water partition coefficient (Wildman–Crippen LogP) is 3.67. The maximum absolute atomic E-state index is 14.1. The van der Waals surface area contributed by atoms with E-state index in [0.29, 0.717) is 5.56 Å². The second kappa shape index (κ2) is 9.10. The van der Waals surface area contributed by atoms with Crippen molar-refractivity contribution < 1.29 is 28.2 Å². The highest BCUT2D eigenvalue weighted by atomic mass is 32.1. The smallest absolute Gasteiger partial charge is 0.348 e. The molecule has 1 N–H and O–H groups in total. The van der Waals surface area contributed by atoms with Crippen molar-refractivity contribution in [1.82, 2.24) is 0 Å². The number of nitrogens with zero attached hydrogens (tertiary/aromatic N) is 1. The number of hydrogen-bond donors (Lipinski definition) is 1. The van der Waals surface area contributed by atoms with Gasteiger partial charge in [0.2, 0.25) is 0 Å². The lowest BCUT2D eigenvalue weighted by Gasteiger charge is -2.08. The fourth-order valence-electron chi connectivity index (χ4n) is 2.38. The number of ether oxygens (including phenoxy) is 2. The Morgan fingerprint density at radius 2 is 1.82 bits per heavy atom.